The fraction of sp³-hybridized carbons (Fsp3) is 0.467. The second-order valence-corrected chi connectivity index (χ2v) is 5.94. The largest absolute Gasteiger partial charge is 0.481 e. The number of nitrogens with one attached hydrogen (secondary N) is 1. The number of rotatable bonds is 3. The van der Waals surface area contributed by atoms with Gasteiger partial charge in [-0.05, 0) is 30.9 Å². The number of carboxylic acids is 1. The number of anilines is 1. The average molecular weight is 263 g/mol. The van der Waals surface area contributed by atoms with Gasteiger partial charge in [-0.2, -0.15) is 0 Å². The quantitative estimate of drug-likeness (QED) is 0.824. The van der Waals surface area contributed by atoms with Crippen LogP contribution in [0.15, 0.2) is 18.2 Å². The van der Waals surface area contributed by atoms with Gasteiger partial charge in [0.05, 0.1) is 0 Å². The first kappa shape index (κ1) is 15.2. The molecular weight excluding hydrogens is 242 g/mol. The molecule has 4 nitrogen and oxygen atoms in total. The maximum absolute atomic E-state index is 12.1. The number of hydrogen-bond acceptors (Lipinski definition) is 2. The maximum Gasteiger partial charge on any atom is 0.316 e. The molecule has 1 unspecified atom stereocenters. The maximum atomic E-state index is 12.1. The Labute approximate surface area is 113 Å². The number of amides is 1. The van der Waals surface area contributed by atoms with Crippen LogP contribution in [-0.4, -0.2) is 17.0 Å². The minimum Gasteiger partial charge on any atom is -0.481 e. The summed E-state index contributed by atoms with van der Waals surface area (Å²) >= 11 is 0. The van der Waals surface area contributed by atoms with Gasteiger partial charge < -0.3 is 10.4 Å². The molecule has 0 saturated heterocycles. The molecule has 1 aromatic rings. The van der Waals surface area contributed by atoms with E-state index in [4.69, 9.17) is 0 Å². The first-order valence-corrected chi connectivity index (χ1v) is 6.24. The van der Waals surface area contributed by atoms with Crippen LogP contribution in [-0.2, 0) is 9.59 Å². The third-order valence-electron chi connectivity index (χ3n) is 3.01. The van der Waals surface area contributed by atoms with Gasteiger partial charge in [-0.25, -0.2) is 0 Å². The second-order valence-electron chi connectivity index (χ2n) is 5.94. The highest BCUT2D eigenvalue weighted by Crippen LogP contribution is 2.28. The predicted octanol–water partition coefficient (Wildman–Crippen LogP) is 2.99. The van der Waals surface area contributed by atoms with Crippen LogP contribution in [0.1, 0.15) is 31.9 Å². The number of aryl methyl sites for hydroxylation is 2. The van der Waals surface area contributed by atoms with Gasteiger partial charge in [0.2, 0.25) is 5.91 Å². The first-order chi connectivity index (χ1) is 8.62. The van der Waals surface area contributed by atoms with Crippen LogP contribution < -0.4 is 5.32 Å². The SMILES string of the molecule is Cc1ccc(NC(=O)C(C(=O)O)C(C)(C)C)c(C)c1. The van der Waals surface area contributed by atoms with Crippen molar-refractivity contribution >= 4 is 17.6 Å². The van der Waals surface area contributed by atoms with E-state index in [9.17, 15) is 14.7 Å². The van der Waals surface area contributed by atoms with Gasteiger partial charge in [0.1, 0.15) is 5.92 Å². The molecule has 0 aliphatic rings. The number of hydrogen-bond donors (Lipinski definition) is 2. The van der Waals surface area contributed by atoms with Gasteiger partial charge >= 0.3 is 5.97 Å². The van der Waals surface area contributed by atoms with Crippen LogP contribution >= 0.6 is 0 Å². The van der Waals surface area contributed by atoms with Crippen LogP contribution in [0.4, 0.5) is 5.69 Å². The summed E-state index contributed by atoms with van der Waals surface area (Å²) in [5.74, 6) is -2.66. The molecule has 1 atom stereocenters. The summed E-state index contributed by atoms with van der Waals surface area (Å²) in [6.07, 6.45) is 0. The molecule has 0 aromatic heterocycles. The predicted molar refractivity (Wildman–Crippen MR) is 75.1 cm³/mol. The van der Waals surface area contributed by atoms with Crippen molar-refractivity contribution in [2.45, 2.75) is 34.6 Å². The van der Waals surface area contributed by atoms with Gasteiger partial charge in [0, 0.05) is 5.69 Å². The summed E-state index contributed by atoms with van der Waals surface area (Å²) in [4.78, 5) is 23.4. The van der Waals surface area contributed by atoms with Gasteiger partial charge in [0.15, 0.2) is 0 Å². The number of carbonyl (C=O) groups excluding carboxylic acids is 1. The van der Waals surface area contributed by atoms with Crippen LogP contribution in [0.25, 0.3) is 0 Å². The van der Waals surface area contributed by atoms with E-state index in [-0.39, 0.29) is 0 Å². The van der Waals surface area contributed by atoms with Gasteiger partial charge in [-0.15, -0.1) is 0 Å². The lowest BCUT2D eigenvalue weighted by Gasteiger charge is -2.26. The smallest absolute Gasteiger partial charge is 0.316 e. The second kappa shape index (κ2) is 5.43. The van der Waals surface area contributed by atoms with Crippen molar-refractivity contribution in [3.05, 3.63) is 29.3 Å². The standard InChI is InChI=1S/C15H21NO3/c1-9-6-7-11(10(2)8-9)16-13(17)12(14(18)19)15(3,4)5/h6-8,12H,1-5H3,(H,16,17)(H,18,19). The Hall–Kier alpha value is -1.84. The third-order valence-corrected chi connectivity index (χ3v) is 3.01. The van der Waals surface area contributed by atoms with Crippen LogP contribution in [0.2, 0.25) is 0 Å². The van der Waals surface area contributed by atoms with Crippen LogP contribution in [0, 0.1) is 25.2 Å². The topological polar surface area (TPSA) is 66.4 Å². The average Bonchev–Trinajstić information content (AvgIpc) is 2.19. The highest BCUT2D eigenvalue weighted by molar-refractivity contribution is 6.05. The molecule has 0 bridgehead atoms. The zero-order valence-corrected chi connectivity index (χ0v) is 12.1. The Morgan fingerprint density at radius 2 is 1.79 bits per heavy atom. The van der Waals surface area contributed by atoms with E-state index in [2.05, 4.69) is 5.32 Å². The van der Waals surface area contributed by atoms with E-state index in [1.54, 1.807) is 26.8 Å². The lowest BCUT2D eigenvalue weighted by molar-refractivity contribution is -0.149. The molecule has 2 N–H and O–H groups in total. The van der Waals surface area contributed by atoms with Crippen LogP contribution in [0.3, 0.4) is 0 Å². The molecular formula is C15H21NO3. The summed E-state index contributed by atoms with van der Waals surface area (Å²) in [7, 11) is 0. The van der Waals surface area contributed by atoms with E-state index in [1.165, 1.54) is 0 Å². The van der Waals surface area contributed by atoms with Crippen molar-refractivity contribution in [3.63, 3.8) is 0 Å². The molecule has 19 heavy (non-hydrogen) atoms. The molecule has 1 rings (SSSR count). The van der Waals surface area contributed by atoms with Gasteiger partial charge in [-0.3, -0.25) is 9.59 Å². The molecule has 0 fully saturated rings. The van der Waals surface area contributed by atoms with Crippen molar-refractivity contribution in [3.8, 4) is 0 Å². The van der Waals surface area contributed by atoms with E-state index < -0.39 is 23.2 Å². The van der Waals surface area contributed by atoms with E-state index in [0.29, 0.717) is 5.69 Å². The Balaban J connectivity index is 2.97. The highest BCUT2D eigenvalue weighted by atomic mass is 16.4. The van der Waals surface area contributed by atoms with Crippen molar-refractivity contribution in [2.24, 2.45) is 11.3 Å². The first-order valence-electron chi connectivity index (χ1n) is 6.24. The zero-order valence-electron chi connectivity index (χ0n) is 12.1. The summed E-state index contributed by atoms with van der Waals surface area (Å²) in [5, 5.41) is 11.9. The fourth-order valence-corrected chi connectivity index (χ4v) is 2.03. The van der Waals surface area contributed by atoms with Crippen molar-refractivity contribution in [2.75, 3.05) is 5.32 Å². The monoisotopic (exact) mass is 263 g/mol. The van der Waals surface area contributed by atoms with E-state index in [1.807, 2.05) is 26.0 Å². The molecule has 1 aromatic carbocycles. The molecule has 0 aliphatic heterocycles. The minimum absolute atomic E-state index is 0.480. The number of benzene rings is 1. The van der Waals surface area contributed by atoms with Crippen molar-refractivity contribution in [1.29, 1.82) is 0 Å². The summed E-state index contributed by atoms with van der Waals surface area (Å²) < 4.78 is 0. The molecule has 1 amide bonds. The van der Waals surface area contributed by atoms with Crippen molar-refractivity contribution < 1.29 is 14.7 Å². The minimum atomic E-state index is -1.10. The third kappa shape index (κ3) is 3.81. The lowest BCUT2D eigenvalue weighted by Crippen LogP contribution is -2.39. The van der Waals surface area contributed by atoms with Crippen LogP contribution in [0.5, 0.6) is 0 Å². The highest BCUT2D eigenvalue weighted by Gasteiger charge is 2.37. The zero-order chi connectivity index (χ0) is 14.8. The Bertz CT molecular complexity index is 501. The molecule has 4 heteroatoms. The normalized spacial score (nSPS) is 12.9. The van der Waals surface area contributed by atoms with Gasteiger partial charge in [-0.1, -0.05) is 38.5 Å². The van der Waals surface area contributed by atoms with Crippen molar-refractivity contribution in [1.82, 2.24) is 0 Å². The molecule has 0 radical (unpaired) electrons. The number of carbonyl (C=O) groups is 2. The Kier molecular flexibility index (Phi) is 4.35. The molecule has 0 spiro atoms. The molecule has 0 saturated carbocycles. The lowest BCUT2D eigenvalue weighted by atomic mass is 9.80. The molecule has 0 heterocycles. The van der Waals surface area contributed by atoms with Gasteiger partial charge in [0.25, 0.3) is 0 Å². The summed E-state index contributed by atoms with van der Waals surface area (Å²) in [6, 6.07) is 5.63. The molecule has 0 aliphatic carbocycles. The fourth-order valence-electron chi connectivity index (χ4n) is 2.03. The van der Waals surface area contributed by atoms with E-state index >= 15 is 0 Å². The number of carboxylic acid groups (broad SMARTS) is 1. The molecule has 104 valence electrons. The van der Waals surface area contributed by atoms with E-state index in [0.717, 1.165) is 11.1 Å². The summed E-state index contributed by atoms with van der Waals surface area (Å²) in [6.45, 7) is 9.08. The number of aliphatic carboxylic acids is 1. The Morgan fingerprint density at radius 1 is 1.21 bits per heavy atom. The summed E-state index contributed by atoms with van der Waals surface area (Å²) in [5.41, 5.74) is 2.05. The Morgan fingerprint density at radius 3 is 2.21 bits per heavy atom.